The molecule has 0 aromatic heterocycles. The van der Waals surface area contributed by atoms with Crippen LogP contribution in [0.5, 0.6) is 5.75 Å². The first-order valence-corrected chi connectivity index (χ1v) is 4.22. The monoisotopic (exact) mass is 181 g/mol. The Morgan fingerprint density at radius 1 is 1.31 bits per heavy atom. The van der Waals surface area contributed by atoms with E-state index in [9.17, 15) is 5.11 Å². The Bertz CT molecular complexity index is 256. The first-order chi connectivity index (χ1) is 6.15. The summed E-state index contributed by atoms with van der Waals surface area (Å²) < 4.78 is 5.01. The zero-order chi connectivity index (χ0) is 9.84. The normalized spacial score (nSPS) is 15.1. The number of methoxy groups -OCH3 is 1. The highest BCUT2D eigenvalue weighted by Crippen LogP contribution is 2.17. The van der Waals surface area contributed by atoms with Gasteiger partial charge in [0.15, 0.2) is 0 Å². The number of aliphatic hydroxyl groups is 1. The van der Waals surface area contributed by atoms with Crippen molar-refractivity contribution in [1.82, 2.24) is 0 Å². The largest absolute Gasteiger partial charge is 0.497 e. The molecule has 1 rings (SSSR count). The Morgan fingerprint density at radius 3 is 2.23 bits per heavy atom. The fraction of sp³-hybridized carbons (Fsp3) is 0.400. The summed E-state index contributed by atoms with van der Waals surface area (Å²) in [5.41, 5.74) is 6.65. The van der Waals surface area contributed by atoms with E-state index in [-0.39, 0.29) is 6.04 Å². The van der Waals surface area contributed by atoms with Crippen molar-refractivity contribution >= 4 is 0 Å². The van der Waals surface area contributed by atoms with E-state index in [1.165, 1.54) is 0 Å². The third kappa shape index (κ3) is 2.44. The average Bonchev–Trinajstić information content (AvgIpc) is 2.17. The number of rotatable bonds is 3. The van der Waals surface area contributed by atoms with Crippen molar-refractivity contribution in [1.29, 1.82) is 0 Å². The number of nitrogens with two attached hydrogens (primary N) is 1. The van der Waals surface area contributed by atoms with Gasteiger partial charge in [0.25, 0.3) is 0 Å². The molecule has 0 bridgehead atoms. The average molecular weight is 181 g/mol. The Balaban J connectivity index is 2.79. The van der Waals surface area contributed by atoms with Crippen LogP contribution in [-0.4, -0.2) is 18.3 Å². The Hall–Kier alpha value is -1.06. The van der Waals surface area contributed by atoms with Crippen LogP contribution in [0.1, 0.15) is 18.5 Å². The molecule has 3 nitrogen and oxygen atoms in total. The minimum Gasteiger partial charge on any atom is -0.497 e. The predicted octanol–water partition coefficient (Wildman–Crippen LogP) is 1.08. The van der Waals surface area contributed by atoms with Gasteiger partial charge in [-0.1, -0.05) is 12.1 Å². The van der Waals surface area contributed by atoms with Gasteiger partial charge in [-0.3, -0.25) is 0 Å². The van der Waals surface area contributed by atoms with E-state index in [4.69, 9.17) is 10.5 Å². The van der Waals surface area contributed by atoms with Gasteiger partial charge in [-0.2, -0.15) is 0 Å². The van der Waals surface area contributed by atoms with Gasteiger partial charge < -0.3 is 15.6 Å². The Labute approximate surface area is 78.1 Å². The number of ether oxygens (including phenoxy) is 1. The second-order valence-corrected chi connectivity index (χ2v) is 3.04. The molecule has 3 N–H and O–H groups in total. The molecule has 0 unspecified atom stereocenters. The predicted molar refractivity (Wildman–Crippen MR) is 51.6 cm³/mol. The van der Waals surface area contributed by atoms with Crippen LogP contribution in [0.4, 0.5) is 0 Å². The molecular formula is C10H15NO2. The maximum absolute atomic E-state index is 9.24. The molecule has 1 aromatic rings. The Morgan fingerprint density at radius 2 is 1.85 bits per heavy atom. The maximum Gasteiger partial charge on any atom is 0.118 e. The summed E-state index contributed by atoms with van der Waals surface area (Å²) in [6, 6.07) is 7.05. The molecule has 72 valence electrons. The SMILES string of the molecule is COc1ccc([C@@H](N)[C@@H](C)O)cc1. The first-order valence-electron chi connectivity index (χ1n) is 4.22. The highest BCUT2D eigenvalue weighted by molar-refractivity contribution is 5.29. The fourth-order valence-electron chi connectivity index (χ4n) is 1.10. The highest BCUT2D eigenvalue weighted by atomic mass is 16.5. The van der Waals surface area contributed by atoms with E-state index in [1.807, 2.05) is 24.3 Å². The van der Waals surface area contributed by atoms with Gasteiger partial charge in [-0.15, -0.1) is 0 Å². The molecule has 0 fully saturated rings. The van der Waals surface area contributed by atoms with Crippen LogP contribution >= 0.6 is 0 Å². The number of hydrogen-bond donors (Lipinski definition) is 2. The molecule has 0 spiro atoms. The standard InChI is InChI=1S/C10H15NO2/c1-7(12)10(11)8-3-5-9(13-2)6-4-8/h3-7,10,12H,11H2,1-2H3/t7-,10+/m1/s1. The lowest BCUT2D eigenvalue weighted by molar-refractivity contribution is 0.164. The minimum absolute atomic E-state index is 0.328. The summed E-state index contributed by atoms with van der Waals surface area (Å²) in [6.45, 7) is 1.68. The molecule has 0 amide bonds. The molecule has 13 heavy (non-hydrogen) atoms. The smallest absolute Gasteiger partial charge is 0.118 e. The topological polar surface area (TPSA) is 55.5 Å². The molecule has 1 aromatic carbocycles. The van der Waals surface area contributed by atoms with Gasteiger partial charge in [0.05, 0.1) is 19.3 Å². The van der Waals surface area contributed by atoms with Crippen LogP contribution in [0, 0.1) is 0 Å². The number of aliphatic hydroxyl groups excluding tert-OH is 1. The number of hydrogen-bond acceptors (Lipinski definition) is 3. The Kier molecular flexibility index (Phi) is 3.28. The quantitative estimate of drug-likeness (QED) is 0.733. The minimum atomic E-state index is -0.534. The van der Waals surface area contributed by atoms with Crippen LogP contribution in [-0.2, 0) is 0 Å². The summed E-state index contributed by atoms with van der Waals surface area (Å²) in [6.07, 6.45) is -0.534. The summed E-state index contributed by atoms with van der Waals surface area (Å²) >= 11 is 0. The fourth-order valence-corrected chi connectivity index (χ4v) is 1.10. The van der Waals surface area contributed by atoms with Gasteiger partial charge in [0, 0.05) is 0 Å². The lowest BCUT2D eigenvalue weighted by Gasteiger charge is -2.14. The lowest BCUT2D eigenvalue weighted by Crippen LogP contribution is -2.22. The van der Waals surface area contributed by atoms with Crippen LogP contribution in [0.2, 0.25) is 0 Å². The van der Waals surface area contributed by atoms with Crippen molar-refractivity contribution in [2.75, 3.05) is 7.11 Å². The van der Waals surface area contributed by atoms with Crippen molar-refractivity contribution in [3.8, 4) is 5.75 Å². The second-order valence-electron chi connectivity index (χ2n) is 3.04. The highest BCUT2D eigenvalue weighted by Gasteiger charge is 2.11. The molecule has 0 aliphatic rings. The van der Waals surface area contributed by atoms with E-state index < -0.39 is 6.10 Å². The third-order valence-electron chi connectivity index (χ3n) is 2.02. The molecule has 0 aliphatic heterocycles. The van der Waals surface area contributed by atoms with Crippen molar-refractivity contribution < 1.29 is 9.84 Å². The zero-order valence-electron chi connectivity index (χ0n) is 7.90. The van der Waals surface area contributed by atoms with E-state index >= 15 is 0 Å². The molecular weight excluding hydrogens is 166 g/mol. The molecule has 0 saturated heterocycles. The molecule has 3 heteroatoms. The number of benzene rings is 1. The van der Waals surface area contributed by atoms with Crippen LogP contribution in [0.3, 0.4) is 0 Å². The second kappa shape index (κ2) is 4.25. The molecule has 0 heterocycles. The van der Waals surface area contributed by atoms with E-state index in [0.29, 0.717) is 0 Å². The van der Waals surface area contributed by atoms with Gasteiger partial charge >= 0.3 is 0 Å². The van der Waals surface area contributed by atoms with Gasteiger partial charge in [0.2, 0.25) is 0 Å². The van der Waals surface area contributed by atoms with Gasteiger partial charge in [-0.25, -0.2) is 0 Å². The van der Waals surface area contributed by atoms with Crippen molar-refractivity contribution in [2.45, 2.75) is 19.1 Å². The summed E-state index contributed by atoms with van der Waals surface area (Å²) in [5, 5.41) is 9.24. The van der Waals surface area contributed by atoms with E-state index in [0.717, 1.165) is 11.3 Å². The van der Waals surface area contributed by atoms with Crippen molar-refractivity contribution in [3.05, 3.63) is 29.8 Å². The van der Waals surface area contributed by atoms with Gasteiger partial charge in [0.1, 0.15) is 5.75 Å². The van der Waals surface area contributed by atoms with Crippen molar-refractivity contribution in [3.63, 3.8) is 0 Å². The molecule has 0 aliphatic carbocycles. The van der Waals surface area contributed by atoms with Crippen LogP contribution < -0.4 is 10.5 Å². The molecule has 2 atom stereocenters. The third-order valence-corrected chi connectivity index (χ3v) is 2.02. The van der Waals surface area contributed by atoms with Crippen LogP contribution in [0.25, 0.3) is 0 Å². The lowest BCUT2D eigenvalue weighted by atomic mass is 10.0. The summed E-state index contributed by atoms with van der Waals surface area (Å²) in [5.74, 6) is 0.793. The maximum atomic E-state index is 9.24. The zero-order valence-corrected chi connectivity index (χ0v) is 7.90. The van der Waals surface area contributed by atoms with E-state index in [1.54, 1.807) is 14.0 Å². The molecule has 0 saturated carbocycles. The van der Waals surface area contributed by atoms with Crippen molar-refractivity contribution in [2.24, 2.45) is 5.73 Å². The first kappa shape index (κ1) is 10.0. The van der Waals surface area contributed by atoms with Crippen LogP contribution in [0.15, 0.2) is 24.3 Å². The van der Waals surface area contributed by atoms with E-state index in [2.05, 4.69) is 0 Å². The summed E-state index contributed by atoms with van der Waals surface area (Å²) in [7, 11) is 1.61. The summed E-state index contributed by atoms with van der Waals surface area (Å²) in [4.78, 5) is 0. The molecule has 0 radical (unpaired) electrons. The van der Waals surface area contributed by atoms with Gasteiger partial charge in [-0.05, 0) is 24.6 Å².